The van der Waals surface area contributed by atoms with Crippen molar-refractivity contribution < 1.29 is 9.90 Å². The number of carboxylic acids is 1. The number of benzene rings is 1. The predicted molar refractivity (Wildman–Crippen MR) is 78.8 cm³/mol. The van der Waals surface area contributed by atoms with Crippen LogP contribution in [0.25, 0.3) is 0 Å². The van der Waals surface area contributed by atoms with Crippen molar-refractivity contribution in [3.8, 4) is 0 Å². The normalized spacial score (nSPS) is 11.6. The van der Waals surface area contributed by atoms with E-state index in [4.69, 9.17) is 23.2 Å². The van der Waals surface area contributed by atoms with Gasteiger partial charge in [-0.3, -0.25) is 4.79 Å². The average molecular weight is 304 g/mol. The summed E-state index contributed by atoms with van der Waals surface area (Å²) in [6.07, 6.45) is 1.21. The zero-order valence-electron chi connectivity index (χ0n) is 11.2. The number of carboxylic acid groups (broad SMARTS) is 1. The lowest BCUT2D eigenvalue weighted by Gasteiger charge is -2.27. The summed E-state index contributed by atoms with van der Waals surface area (Å²) >= 11 is 11.8. The van der Waals surface area contributed by atoms with E-state index in [9.17, 15) is 9.90 Å². The molecule has 0 aromatic heterocycles. The number of nitrogens with one attached hydrogen (secondary N) is 1. The van der Waals surface area contributed by atoms with E-state index in [2.05, 4.69) is 5.32 Å². The first-order chi connectivity index (χ1) is 8.95. The van der Waals surface area contributed by atoms with Gasteiger partial charge in [0.05, 0.1) is 15.5 Å². The van der Waals surface area contributed by atoms with Crippen LogP contribution in [-0.2, 0) is 11.3 Å². The largest absolute Gasteiger partial charge is 0.481 e. The second-order valence-electron chi connectivity index (χ2n) is 4.64. The first-order valence-corrected chi connectivity index (χ1v) is 7.09. The third-order valence-corrected chi connectivity index (χ3v) is 4.32. The lowest BCUT2D eigenvalue weighted by atomic mass is 9.82. The highest BCUT2D eigenvalue weighted by molar-refractivity contribution is 6.42. The summed E-state index contributed by atoms with van der Waals surface area (Å²) < 4.78 is 0. The Hall–Kier alpha value is -0.770. The standard InChI is InChI=1S/C14H19Cl2NO2/c1-3-14(4-2,13(18)19)9-17-8-10-5-6-11(15)12(16)7-10/h5-7,17H,3-4,8-9H2,1-2H3,(H,18,19). The van der Waals surface area contributed by atoms with Crippen LogP contribution in [0.4, 0.5) is 0 Å². The van der Waals surface area contributed by atoms with Gasteiger partial charge < -0.3 is 10.4 Å². The summed E-state index contributed by atoms with van der Waals surface area (Å²) in [6.45, 7) is 4.82. The van der Waals surface area contributed by atoms with Gasteiger partial charge in [0.25, 0.3) is 0 Å². The second kappa shape index (κ2) is 7.13. The topological polar surface area (TPSA) is 49.3 Å². The molecule has 106 valence electrons. The Kier molecular flexibility index (Phi) is 6.11. The highest BCUT2D eigenvalue weighted by Gasteiger charge is 2.34. The Labute approximate surface area is 123 Å². The molecule has 5 heteroatoms. The minimum Gasteiger partial charge on any atom is -0.481 e. The van der Waals surface area contributed by atoms with Gasteiger partial charge in [-0.05, 0) is 30.5 Å². The lowest BCUT2D eigenvalue weighted by Crippen LogP contribution is -2.40. The van der Waals surface area contributed by atoms with E-state index in [1.54, 1.807) is 12.1 Å². The van der Waals surface area contributed by atoms with Crippen LogP contribution in [0.5, 0.6) is 0 Å². The third-order valence-electron chi connectivity index (χ3n) is 3.58. The summed E-state index contributed by atoms with van der Waals surface area (Å²) in [5.41, 5.74) is 0.289. The Morgan fingerprint density at radius 1 is 1.26 bits per heavy atom. The van der Waals surface area contributed by atoms with E-state index in [-0.39, 0.29) is 0 Å². The molecule has 1 aromatic carbocycles. The van der Waals surface area contributed by atoms with E-state index in [0.29, 0.717) is 36.0 Å². The molecule has 1 rings (SSSR count). The monoisotopic (exact) mass is 303 g/mol. The van der Waals surface area contributed by atoms with Crippen LogP contribution in [0.1, 0.15) is 32.3 Å². The molecule has 0 unspecified atom stereocenters. The molecular weight excluding hydrogens is 285 g/mol. The molecule has 0 aliphatic heterocycles. The van der Waals surface area contributed by atoms with E-state index >= 15 is 0 Å². The summed E-state index contributed by atoms with van der Waals surface area (Å²) in [7, 11) is 0. The van der Waals surface area contributed by atoms with Gasteiger partial charge in [-0.2, -0.15) is 0 Å². The zero-order valence-corrected chi connectivity index (χ0v) is 12.7. The molecule has 0 radical (unpaired) electrons. The van der Waals surface area contributed by atoms with E-state index in [1.807, 2.05) is 19.9 Å². The van der Waals surface area contributed by atoms with Crippen molar-refractivity contribution in [2.45, 2.75) is 33.2 Å². The molecule has 0 aliphatic carbocycles. The molecule has 0 saturated heterocycles. The number of rotatable bonds is 7. The Morgan fingerprint density at radius 2 is 1.89 bits per heavy atom. The van der Waals surface area contributed by atoms with Gasteiger partial charge in [-0.1, -0.05) is 43.1 Å². The quantitative estimate of drug-likeness (QED) is 0.801. The van der Waals surface area contributed by atoms with E-state index in [1.165, 1.54) is 0 Å². The maximum atomic E-state index is 11.3. The molecule has 0 atom stereocenters. The zero-order chi connectivity index (χ0) is 14.5. The first-order valence-electron chi connectivity index (χ1n) is 6.33. The van der Waals surface area contributed by atoms with Crippen LogP contribution < -0.4 is 5.32 Å². The lowest BCUT2D eigenvalue weighted by molar-refractivity contribution is -0.149. The predicted octanol–water partition coefficient (Wildman–Crippen LogP) is 3.97. The van der Waals surface area contributed by atoms with Crippen molar-refractivity contribution >= 4 is 29.2 Å². The molecule has 19 heavy (non-hydrogen) atoms. The molecule has 2 N–H and O–H groups in total. The fourth-order valence-electron chi connectivity index (χ4n) is 1.97. The maximum Gasteiger partial charge on any atom is 0.310 e. The number of hydrogen-bond acceptors (Lipinski definition) is 2. The highest BCUT2D eigenvalue weighted by Crippen LogP contribution is 2.26. The van der Waals surface area contributed by atoms with Crippen molar-refractivity contribution in [3.63, 3.8) is 0 Å². The molecule has 0 amide bonds. The third kappa shape index (κ3) is 4.10. The van der Waals surface area contributed by atoms with Crippen LogP contribution in [-0.4, -0.2) is 17.6 Å². The Bertz CT molecular complexity index is 445. The van der Waals surface area contributed by atoms with Gasteiger partial charge in [0.2, 0.25) is 0 Å². The van der Waals surface area contributed by atoms with Crippen LogP contribution in [0.2, 0.25) is 10.0 Å². The molecular formula is C14H19Cl2NO2. The maximum absolute atomic E-state index is 11.3. The van der Waals surface area contributed by atoms with Gasteiger partial charge in [-0.25, -0.2) is 0 Å². The van der Waals surface area contributed by atoms with Crippen LogP contribution >= 0.6 is 23.2 Å². The van der Waals surface area contributed by atoms with Crippen LogP contribution in [0.3, 0.4) is 0 Å². The average Bonchev–Trinajstić information content (AvgIpc) is 2.39. The van der Waals surface area contributed by atoms with Gasteiger partial charge in [0.1, 0.15) is 0 Å². The Morgan fingerprint density at radius 3 is 2.37 bits per heavy atom. The molecule has 0 heterocycles. The summed E-state index contributed by atoms with van der Waals surface area (Å²) in [4.78, 5) is 11.3. The number of aliphatic carboxylic acids is 1. The molecule has 0 bridgehead atoms. The summed E-state index contributed by atoms with van der Waals surface area (Å²) in [5, 5.41) is 13.5. The first kappa shape index (κ1) is 16.3. The van der Waals surface area contributed by atoms with Crippen molar-refractivity contribution in [1.29, 1.82) is 0 Å². The fraction of sp³-hybridized carbons (Fsp3) is 0.500. The molecule has 0 saturated carbocycles. The van der Waals surface area contributed by atoms with Gasteiger partial charge in [0, 0.05) is 13.1 Å². The molecule has 0 spiro atoms. The number of carbonyl (C=O) groups is 1. The van der Waals surface area contributed by atoms with Crippen molar-refractivity contribution in [3.05, 3.63) is 33.8 Å². The molecule has 1 aromatic rings. The molecule has 0 aliphatic rings. The van der Waals surface area contributed by atoms with Crippen molar-refractivity contribution in [1.82, 2.24) is 5.32 Å². The SMILES string of the molecule is CCC(CC)(CNCc1ccc(Cl)c(Cl)c1)C(=O)O. The highest BCUT2D eigenvalue weighted by atomic mass is 35.5. The smallest absolute Gasteiger partial charge is 0.310 e. The van der Waals surface area contributed by atoms with Gasteiger partial charge >= 0.3 is 5.97 Å². The van der Waals surface area contributed by atoms with E-state index < -0.39 is 11.4 Å². The van der Waals surface area contributed by atoms with E-state index in [0.717, 1.165) is 5.56 Å². The van der Waals surface area contributed by atoms with Gasteiger partial charge in [0.15, 0.2) is 0 Å². The van der Waals surface area contributed by atoms with Crippen molar-refractivity contribution in [2.24, 2.45) is 5.41 Å². The summed E-state index contributed by atoms with van der Waals surface area (Å²) in [6, 6.07) is 5.41. The minimum absolute atomic E-state index is 0.440. The fourth-order valence-corrected chi connectivity index (χ4v) is 2.29. The molecule has 3 nitrogen and oxygen atoms in total. The van der Waals surface area contributed by atoms with Crippen LogP contribution in [0, 0.1) is 5.41 Å². The number of halogens is 2. The van der Waals surface area contributed by atoms with Crippen LogP contribution in [0.15, 0.2) is 18.2 Å². The molecule has 0 fully saturated rings. The second-order valence-corrected chi connectivity index (χ2v) is 5.46. The number of hydrogen-bond donors (Lipinski definition) is 2. The Balaban J connectivity index is 2.61. The summed E-state index contributed by atoms with van der Waals surface area (Å²) in [5.74, 6) is -0.751. The minimum atomic E-state index is -0.751. The van der Waals surface area contributed by atoms with Crippen molar-refractivity contribution in [2.75, 3.05) is 6.54 Å². The van der Waals surface area contributed by atoms with Gasteiger partial charge in [-0.15, -0.1) is 0 Å².